The number of para-hydroxylation sites is 1. The van der Waals surface area contributed by atoms with Gasteiger partial charge in [-0.05, 0) is 24.3 Å². The second kappa shape index (κ2) is 3.88. The summed E-state index contributed by atoms with van der Waals surface area (Å²) in [4.78, 5) is 16.2. The van der Waals surface area contributed by atoms with E-state index in [1.54, 1.807) is 6.20 Å². The minimum Gasteiger partial charge on any atom is -0.337 e. The standard InChI is InChI=1S/C15H9N4/c1-2-5-12-10(4-1)8-11(9-17-12)14-18-13-6-3-7-16-15(13)19-14/h1-8H,(H,16,18,19). The lowest BCUT2D eigenvalue weighted by molar-refractivity contribution is 1.28. The molecule has 1 aromatic carbocycles. The Labute approximate surface area is 109 Å². The Kier molecular flexibility index (Phi) is 2.08. The van der Waals surface area contributed by atoms with Gasteiger partial charge in [0, 0.05) is 17.1 Å². The maximum absolute atomic E-state index is 4.45. The first-order valence-corrected chi connectivity index (χ1v) is 5.99. The van der Waals surface area contributed by atoms with E-state index in [9.17, 15) is 0 Å². The second-order valence-corrected chi connectivity index (χ2v) is 4.30. The first-order chi connectivity index (χ1) is 9.40. The molecule has 0 fully saturated rings. The van der Waals surface area contributed by atoms with Crippen LogP contribution in [0, 0.1) is 6.20 Å². The van der Waals surface area contributed by atoms with Crippen LogP contribution in [-0.4, -0.2) is 19.9 Å². The lowest BCUT2D eigenvalue weighted by atomic mass is 10.1. The number of aromatic amines is 1. The predicted octanol–water partition coefficient (Wildman–Crippen LogP) is 2.97. The van der Waals surface area contributed by atoms with Gasteiger partial charge < -0.3 is 4.98 Å². The minimum atomic E-state index is 0.707. The molecule has 3 aromatic heterocycles. The molecule has 0 saturated carbocycles. The van der Waals surface area contributed by atoms with E-state index < -0.39 is 0 Å². The Morgan fingerprint density at radius 2 is 2.00 bits per heavy atom. The number of H-pyrrole nitrogens is 1. The summed E-state index contributed by atoms with van der Waals surface area (Å²) in [7, 11) is 0. The van der Waals surface area contributed by atoms with Crippen molar-refractivity contribution >= 4 is 22.1 Å². The fourth-order valence-corrected chi connectivity index (χ4v) is 2.11. The predicted molar refractivity (Wildman–Crippen MR) is 73.5 cm³/mol. The van der Waals surface area contributed by atoms with Crippen molar-refractivity contribution in [1.29, 1.82) is 0 Å². The molecule has 0 saturated heterocycles. The van der Waals surface area contributed by atoms with E-state index in [2.05, 4.69) is 26.1 Å². The number of pyridine rings is 2. The molecule has 0 atom stereocenters. The van der Waals surface area contributed by atoms with Crippen LogP contribution in [-0.2, 0) is 0 Å². The number of nitrogens with one attached hydrogen (secondary N) is 1. The molecule has 0 bridgehead atoms. The third-order valence-electron chi connectivity index (χ3n) is 3.05. The number of nitrogens with zero attached hydrogens (tertiary/aromatic N) is 3. The van der Waals surface area contributed by atoms with E-state index in [1.807, 2.05) is 42.5 Å². The molecule has 1 radical (unpaired) electrons. The van der Waals surface area contributed by atoms with Gasteiger partial charge in [0.05, 0.1) is 11.0 Å². The first kappa shape index (κ1) is 10.2. The topological polar surface area (TPSA) is 54.5 Å². The Morgan fingerprint density at radius 3 is 2.95 bits per heavy atom. The van der Waals surface area contributed by atoms with E-state index in [0.717, 1.165) is 27.8 Å². The summed E-state index contributed by atoms with van der Waals surface area (Å²) in [5.41, 5.74) is 3.40. The highest BCUT2D eigenvalue weighted by molar-refractivity contribution is 5.83. The van der Waals surface area contributed by atoms with Gasteiger partial charge in [0.1, 0.15) is 12.0 Å². The summed E-state index contributed by atoms with van der Waals surface area (Å²) in [6.07, 6.45) is 4.75. The number of fused-ring (bicyclic) bond motifs is 2. The summed E-state index contributed by atoms with van der Waals surface area (Å²) in [6.45, 7) is 0. The van der Waals surface area contributed by atoms with Crippen LogP contribution in [0.25, 0.3) is 33.5 Å². The third kappa shape index (κ3) is 1.65. The molecule has 0 amide bonds. The van der Waals surface area contributed by atoms with Gasteiger partial charge in [-0.3, -0.25) is 0 Å². The Hall–Kier alpha value is -2.75. The van der Waals surface area contributed by atoms with Crippen molar-refractivity contribution in [3.63, 3.8) is 0 Å². The van der Waals surface area contributed by atoms with Crippen LogP contribution in [0.4, 0.5) is 0 Å². The maximum Gasteiger partial charge on any atom is 0.178 e. The van der Waals surface area contributed by atoms with Crippen molar-refractivity contribution in [2.75, 3.05) is 0 Å². The molecule has 3 heterocycles. The highest BCUT2D eigenvalue weighted by Crippen LogP contribution is 2.21. The Bertz CT molecular complexity index is 846. The van der Waals surface area contributed by atoms with Gasteiger partial charge in [-0.15, -0.1) is 0 Å². The number of aromatic nitrogens is 4. The van der Waals surface area contributed by atoms with Crippen molar-refractivity contribution < 1.29 is 0 Å². The van der Waals surface area contributed by atoms with Gasteiger partial charge in [-0.1, -0.05) is 18.2 Å². The fraction of sp³-hybridized carbons (Fsp3) is 0. The highest BCUT2D eigenvalue weighted by Gasteiger charge is 2.07. The SMILES string of the molecule is [c]1nc2ccccc2cc1-c1nc2ncccc2[nH]1. The lowest BCUT2D eigenvalue weighted by Gasteiger charge is -1.98. The molecule has 0 spiro atoms. The third-order valence-corrected chi connectivity index (χ3v) is 3.05. The van der Waals surface area contributed by atoms with Gasteiger partial charge in [0.15, 0.2) is 5.65 Å². The van der Waals surface area contributed by atoms with Crippen molar-refractivity contribution in [3.05, 3.63) is 54.9 Å². The summed E-state index contributed by atoms with van der Waals surface area (Å²) in [6, 6.07) is 13.8. The Morgan fingerprint density at radius 1 is 1.05 bits per heavy atom. The molecule has 0 aliphatic carbocycles. The molecule has 89 valence electrons. The number of hydrogen-bond donors (Lipinski definition) is 1. The summed E-state index contributed by atoms with van der Waals surface area (Å²) >= 11 is 0. The van der Waals surface area contributed by atoms with E-state index in [0.29, 0.717) is 5.65 Å². The van der Waals surface area contributed by atoms with Crippen LogP contribution in [0.5, 0.6) is 0 Å². The average molecular weight is 245 g/mol. The van der Waals surface area contributed by atoms with E-state index >= 15 is 0 Å². The largest absolute Gasteiger partial charge is 0.337 e. The van der Waals surface area contributed by atoms with E-state index in [4.69, 9.17) is 0 Å². The smallest absolute Gasteiger partial charge is 0.178 e. The molecule has 19 heavy (non-hydrogen) atoms. The number of hydrogen-bond acceptors (Lipinski definition) is 3. The fourth-order valence-electron chi connectivity index (χ4n) is 2.11. The maximum atomic E-state index is 4.45. The molecule has 4 rings (SSSR count). The molecule has 4 heteroatoms. The number of imidazole rings is 1. The minimum absolute atomic E-state index is 0.707. The van der Waals surface area contributed by atoms with Crippen LogP contribution in [0.15, 0.2) is 48.7 Å². The highest BCUT2D eigenvalue weighted by atomic mass is 15.0. The zero-order valence-electron chi connectivity index (χ0n) is 9.96. The summed E-state index contributed by atoms with van der Waals surface area (Å²) in [5.74, 6) is 0.743. The molecule has 0 aliphatic heterocycles. The van der Waals surface area contributed by atoms with Crippen molar-refractivity contribution in [3.8, 4) is 11.4 Å². The van der Waals surface area contributed by atoms with Gasteiger partial charge >= 0.3 is 0 Å². The zero-order valence-corrected chi connectivity index (χ0v) is 9.96. The van der Waals surface area contributed by atoms with Crippen molar-refractivity contribution in [1.82, 2.24) is 19.9 Å². The zero-order chi connectivity index (χ0) is 12.7. The average Bonchev–Trinajstić information content (AvgIpc) is 2.90. The van der Waals surface area contributed by atoms with E-state index in [-0.39, 0.29) is 0 Å². The van der Waals surface area contributed by atoms with Crippen molar-refractivity contribution in [2.45, 2.75) is 0 Å². The van der Waals surface area contributed by atoms with Crippen LogP contribution in [0.2, 0.25) is 0 Å². The quantitative estimate of drug-likeness (QED) is 0.561. The molecule has 4 nitrogen and oxygen atoms in total. The number of rotatable bonds is 1. The van der Waals surface area contributed by atoms with Crippen LogP contribution >= 0.6 is 0 Å². The molecule has 1 N–H and O–H groups in total. The number of benzene rings is 1. The molecule has 0 unspecified atom stereocenters. The van der Waals surface area contributed by atoms with Gasteiger partial charge in [0.2, 0.25) is 0 Å². The van der Waals surface area contributed by atoms with E-state index in [1.165, 1.54) is 0 Å². The molecule has 4 aromatic rings. The monoisotopic (exact) mass is 245 g/mol. The van der Waals surface area contributed by atoms with Crippen LogP contribution in [0.3, 0.4) is 0 Å². The summed E-state index contributed by atoms with van der Waals surface area (Å²) < 4.78 is 0. The van der Waals surface area contributed by atoms with Crippen LogP contribution in [0.1, 0.15) is 0 Å². The normalized spacial score (nSPS) is 11.2. The molecular weight excluding hydrogens is 236 g/mol. The van der Waals surface area contributed by atoms with Gasteiger partial charge in [-0.25, -0.2) is 15.0 Å². The second-order valence-electron chi connectivity index (χ2n) is 4.30. The van der Waals surface area contributed by atoms with Crippen LogP contribution < -0.4 is 0 Å². The molecular formula is C15H9N4. The Balaban J connectivity index is 1.93. The lowest BCUT2D eigenvalue weighted by Crippen LogP contribution is -1.85. The van der Waals surface area contributed by atoms with Gasteiger partial charge in [-0.2, -0.15) is 0 Å². The summed E-state index contributed by atoms with van der Waals surface area (Å²) in [5, 5.41) is 1.07. The first-order valence-electron chi connectivity index (χ1n) is 5.99. The van der Waals surface area contributed by atoms with Gasteiger partial charge in [0.25, 0.3) is 0 Å². The van der Waals surface area contributed by atoms with Crippen molar-refractivity contribution in [2.24, 2.45) is 0 Å². The molecule has 0 aliphatic rings.